The summed E-state index contributed by atoms with van der Waals surface area (Å²) in [6.07, 6.45) is 0.228. The van der Waals surface area contributed by atoms with Crippen LogP contribution in [-0.4, -0.2) is 44.3 Å². The molecule has 10 heteroatoms. The van der Waals surface area contributed by atoms with Gasteiger partial charge in [-0.2, -0.15) is 0 Å². The lowest BCUT2D eigenvalue weighted by atomic mass is 10.0. The van der Waals surface area contributed by atoms with E-state index in [1.807, 2.05) is 63.2 Å². The van der Waals surface area contributed by atoms with Crippen LogP contribution in [0.15, 0.2) is 108 Å². The van der Waals surface area contributed by atoms with Gasteiger partial charge in [0.2, 0.25) is 11.8 Å². The largest absolute Gasteiger partial charge is 0.354 e. The van der Waals surface area contributed by atoms with Crippen LogP contribution < -0.4 is 9.62 Å². The first-order valence-electron chi connectivity index (χ1n) is 14.6. The van der Waals surface area contributed by atoms with Gasteiger partial charge in [0, 0.05) is 29.6 Å². The predicted octanol–water partition coefficient (Wildman–Crippen LogP) is 6.91. The molecule has 7 nitrogen and oxygen atoms in total. The van der Waals surface area contributed by atoms with E-state index in [1.165, 1.54) is 29.2 Å². The first-order valence-corrected chi connectivity index (χ1v) is 16.8. The molecule has 0 spiro atoms. The number of carbonyl (C=O) groups excluding carboxylic acids is 2. The number of carbonyl (C=O) groups is 2. The molecule has 0 fully saturated rings. The predicted molar refractivity (Wildman–Crippen MR) is 181 cm³/mol. The van der Waals surface area contributed by atoms with Gasteiger partial charge in [-0.25, -0.2) is 8.42 Å². The Balaban J connectivity index is 1.80. The van der Waals surface area contributed by atoms with Crippen LogP contribution in [0.4, 0.5) is 5.69 Å². The fourth-order valence-electron chi connectivity index (χ4n) is 4.85. The molecule has 2 amide bonds. The minimum atomic E-state index is -4.22. The topological polar surface area (TPSA) is 86.8 Å². The summed E-state index contributed by atoms with van der Waals surface area (Å²) in [5.41, 5.74) is 2.70. The lowest BCUT2D eigenvalue weighted by molar-refractivity contribution is -0.140. The van der Waals surface area contributed by atoms with Gasteiger partial charge >= 0.3 is 0 Å². The maximum atomic E-state index is 14.5. The zero-order valence-electron chi connectivity index (χ0n) is 25.5. The van der Waals surface area contributed by atoms with Gasteiger partial charge < -0.3 is 10.2 Å². The number of anilines is 1. The minimum absolute atomic E-state index is 0.0156. The Bertz CT molecular complexity index is 1710. The number of hydrogen-bond acceptors (Lipinski definition) is 4. The maximum absolute atomic E-state index is 14.5. The first-order chi connectivity index (χ1) is 21.4. The lowest BCUT2D eigenvalue weighted by Gasteiger charge is -2.34. The summed E-state index contributed by atoms with van der Waals surface area (Å²) in [5.74, 6) is -0.690. The molecule has 0 radical (unpaired) electrons. The van der Waals surface area contributed by atoms with Crippen molar-refractivity contribution in [3.05, 3.63) is 130 Å². The summed E-state index contributed by atoms with van der Waals surface area (Å²) >= 11 is 12.4. The maximum Gasteiger partial charge on any atom is 0.264 e. The van der Waals surface area contributed by atoms with E-state index in [9.17, 15) is 18.0 Å². The molecule has 236 valence electrons. The summed E-state index contributed by atoms with van der Waals surface area (Å²) in [4.78, 5) is 29.8. The van der Waals surface area contributed by atoms with E-state index in [1.54, 1.807) is 36.4 Å². The van der Waals surface area contributed by atoms with Crippen molar-refractivity contribution in [3.63, 3.8) is 0 Å². The number of aryl methyl sites for hydroxylation is 1. The highest BCUT2D eigenvalue weighted by Crippen LogP contribution is 2.27. The van der Waals surface area contributed by atoms with Gasteiger partial charge in [0.05, 0.1) is 10.6 Å². The molecule has 0 aliphatic heterocycles. The third-order valence-corrected chi connectivity index (χ3v) is 9.44. The number of benzene rings is 4. The van der Waals surface area contributed by atoms with Crippen LogP contribution in [0.25, 0.3) is 0 Å². The second-order valence-corrected chi connectivity index (χ2v) is 14.0. The Morgan fingerprint density at radius 3 is 2.11 bits per heavy atom. The summed E-state index contributed by atoms with van der Waals surface area (Å²) in [6, 6.07) is 28.3. The second kappa shape index (κ2) is 15.4. The van der Waals surface area contributed by atoms with Crippen LogP contribution in [0.1, 0.15) is 30.5 Å². The summed E-state index contributed by atoms with van der Waals surface area (Å²) in [5, 5.41) is 3.85. The lowest BCUT2D eigenvalue weighted by Crippen LogP contribution is -2.53. The fraction of sp³-hybridized carbons (Fsp3) is 0.257. The number of nitrogens with zero attached hydrogens (tertiary/aromatic N) is 2. The van der Waals surface area contributed by atoms with E-state index >= 15 is 0 Å². The molecule has 45 heavy (non-hydrogen) atoms. The van der Waals surface area contributed by atoms with Gasteiger partial charge in [0.1, 0.15) is 12.6 Å². The molecule has 4 rings (SSSR count). The van der Waals surface area contributed by atoms with Crippen LogP contribution in [0.5, 0.6) is 0 Å². The van der Waals surface area contributed by atoms with Crippen molar-refractivity contribution in [2.75, 3.05) is 17.4 Å². The van der Waals surface area contributed by atoms with Gasteiger partial charge in [-0.15, -0.1) is 0 Å². The molecule has 1 N–H and O–H groups in total. The van der Waals surface area contributed by atoms with Crippen molar-refractivity contribution in [2.45, 2.75) is 44.7 Å². The van der Waals surface area contributed by atoms with Crippen LogP contribution in [0.3, 0.4) is 0 Å². The molecule has 0 saturated heterocycles. The number of sulfonamides is 1. The van der Waals surface area contributed by atoms with Gasteiger partial charge in [0.25, 0.3) is 10.0 Å². The van der Waals surface area contributed by atoms with Crippen molar-refractivity contribution >= 4 is 50.7 Å². The Hall–Kier alpha value is -3.85. The van der Waals surface area contributed by atoms with Crippen LogP contribution in [0.2, 0.25) is 10.0 Å². The highest BCUT2D eigenvalue weighted by Gasteiger charge is 2.34. The van der Waals surface area contributed by atoms with E-state index < -0.39 is 28.5 Å². The molecule has 4 aromatic rings. The standard InChI is InChI=1S/C35H37Cl2N3O4S/c1-25(2)22-38-35(42)33(21-27-10-5-4-6-11-27)39(23-28-12-8-13-30(37)20-28)34(41)24-40(31-14-7-9-26(3)19-31)45(43,44)32-17-15-29(36)16-18-32/h4-20,25,33H,21-24H2,1-3H3,(H,38,42)/t33-/m0/s1. The average molecular weight is 667 g/mol. The zero-order chi connectivity index (χ0) is 32.6. The molecule has 4 aromatic carbocycles. The van der Waals surface area contributed by atoms with Gasteiger partial charge in [-0.1, -0.05) is 91.6 Å². The van der Waals surface area contributed by atoms with Crippen LogP contribution in [0, 0.1) is 12.8 Å². The smallest absolute Gasteiger partial charge is 0.264 e. The second-order valence-electron chi connectivity index (χ2n) is 11.3. The third-order valence-electron chi connectivity index (χ3n) is 7.17. The normalized spacial score (nSPS) is 12.0. The summed E-state index contributed by atoms with van der Waals surface area (Å²) < 4.78 is 29.3. The van der Waals surface area contributed by atoms with Crippen molar-refractivity contribution < 1.29 is 18.0 Å². The Labute approximate surface area is 275 Å². The van der Waals surface area contributed by atoms with Crippen molar-refractivity contribution in [1.82, 2.24) is 10.2 Å². The monoisotopic (exact) mass is 665 g/mol. The third kappa shape index (κ3) is 9.33. The molecule has 0 aromatic heterocycles. The van der Waals surface area contributed by atoms with E-state index in [-0.39, 0.29) is 29.7 Å². The van der Waals surface area contributed by atoms with E-state index in [2.05, 4.69) is 5.32 Å². The van der Waals surface area contributed by atoms with Crippen molar-refractivity contribution in [2.24, 2.45) is 5.92 Å². The van der Waals surface area contributed by atoms with Crippen molar-refractivity contribution in [3.8, 4) is 0 Å². The molecule has 1 atom stereocenters. The molecule has 0 saturated carbocycles. The highest BCUT2D eigenvalue weighted by molar-refractivity contribution is 7.92. The number of halogens is 2. The molecule has 0 heterocycles. The molecule has 0 unspecified atom stereocenters. The molecular weight excluding hydrogens is 629 g/mol. The molecule has 0 aliphatic rings. The molecular formula is C35H37Cl2N3O4S. The molecule has 0 bridgehead atoms. The quantitative estimate of drug-likeness (QED) is 0.168. The summed E-state index contributed by atoms with van der Waals surface area (Å²) in [6.45, 7) is 5.74. The fourth-order valence-corrected chi connectivity index (χ4v) is 6.60. The molecule has 0 aliphatic carbocycles. The van der Waals surface area contributed by atoms with Crippen LogP contribution in [-0.2, 0) is 32.6 Å². The minimum Gasteiger partial charge on any atom is -0.354 e. The Kier molecular flexibility index (Phi) is 11.7. The SMILES string of the molecule is Cc1cccc(N(CC(=O)N(Cc2cccc(Cl)c2)[C@@H](Cc2ccccc2)C(=O)NCC(C)C)S(=O)(=O)c2ccc(Cl)cc2)c1. The summed E-state index contributed by atoms with van der Waals surface area (Å²) in [7, 11) is -4.22. The van der Waals surface area contributed by atoms with E-state index in [0.717, 1.165) is 15.4 Å². The van der Waals surface area contributed by atoms with Gasteiger partial charge in [-0.3, -0.25) is 13.9 Å². The average Bonchev–Trinajstić information content (AvgIpc) is 3.01. The zero-order valence-corrected chi connectivity index (χ0v) is 27.8. The number of nitrogens with one attached hydrogen (secondary N) is 1. The van der Waals surface area contributed by atoms with E-state index in [4.69, 9.17) is 23.2 Å². The van der Waals surface area contributed by atoms with E-state index in [0.29, 0.717) is 27.8 Å². The number of hydrogen-bond donors (Lipinski definition) is 1. The highest BCUT2D eigenvalue weighted by atomic mass is 35.5. The number of rotatable bonds is 13. The first kappa shape index (κ1) is 34.0. The van der Waals surface area contributed by atoms with Gasteiger partial charge in [-0.05, 0) is 78.1 Å². The van der Waals surface area contributed by atoms with Crippen LogP contribution >= 0.6 is 23.2 Å². The Morgan fingerprint density at radius 2 is 1.47 bits per heavy atom. The number of amides is 2. The Morgan fingerprint density at radius 1 is 0.800 bits per heavy atom. The van der Waals surface area contributed by atoms with Gasteiger partial charge in [0.15, 0.2) is 0 Å². The van der Waals surface area contributed by atoms with Crippen molar-refractivity contribution in [1.29, 1.82) is 0 Å².